The zero-order valence-electron chi connectivity index (χ0n) is 4.92. The zero-order chi connectivity index (χ0) is 5.98. The van der Waals surface area contributed by atoms with E-state index in [0.29, 0.717) is 6.10 Å². The van der Waals surface area contributed by atoms with E-state index in [-0.39, 0.29) is 6.71 Å². The van der Waals surface area contributed by atoms with E-state index >= 15 is 0 Å². The first-order valence-electron chi connectivity index (χ1n) is 2.79. The molecule has 0 spiro atoms. The van der Waals surface area contributed by atoms with Crippen molar-refractivity contribution >= 4 is 6.71 Å². The molecule has 1 heterocycles. The molecule has 0 bridgehead atoms. The molecule has 3 heteroatoms. The fourth-order valence-electron chi connectivity index (χ4n) is 0.864. The van der Waals surface area contributed by atoms with Crippen LogP contribution in [0.3, 0.4) is 0 Å². The Bertz CT molecular complexity index is 114. The second kappa shape index (κ2) is 2.19. The third-order valence-electron chi connectivity index (χ3n) is 1.61. The number of ether oxygens (including phenoxy) is 1. The van der Waals surface area contributed by atoms with E-state index in [4.69, 9.17) is 10.00 Å². The van der Waals surface area contributed by atoms with E-state index in [0.717, 1.165) is 12.6 Å². The standard InChI is InChI=1S/C5H8BNO/c1-8-5-2-6(3-5)4-7/h5H,2-3H2,1H3. The summed E-state index contributed by atoms with van der Waals surface area (Å²) in [7, 11) is 1.69. The van der Waals surface area contributed by atoms with Crippen LogP contribution < -0.4 is 0 Å². The van der Waals surface area contributed by atoms with Gasteiger partial charge in [0, 0.05) is 19.2 Å². The predicted molar refractivity (Wildman–Crippen MR) is 31.8 cm³/mol. The van der Waals surface area contributed by atoms with Crippen LogP contribution in [0.15, 0.2) is 0 Å². The van der Waals surface area contributed by atoms with Crippen molar-refractivity contribution in [3.05, 3.63) is 0 Å². The van der Waals surface area contributed by atoms with Crippen LogP contribution in [0.25, 0.3) is 0 Å². The van der Waals surface area contributed by atoms with Crippen molar-refractivity contribution in [3.63, 3.8) is 0 Å². The summed E-state index contributed by atoms with van der Waals surface area (Å²) in [6.07, 6.45) is 2.25. The maximum absolute atomic E-state index is 8.29. The fraction of sp³-hybridized carbons (Fsp3) is 0.800. The Labute approximate surface area is 49.5 Å². The van der Waals surface area contributed by atoms with Crippen LogP contribution in [0.1, 0.15) is 0 Å². The summed E-state index contributed by atoms with van der Waals surface area (Å²) in [4.78, 5) is 0. The molecule has 1 rings (SSSR count). The van der Waals surface area contributed by atoms with Gasteiger partial charge in [0.25, 0.3) is 6.71 Å². The Morgan fingerprint density at radius 3 is 2.75 bits per heavy atom. The minimum absolute atomic E-state index is 0.278. The molecule has 1 aliphatic rings. The lowest BCUT2D eigenvalue weighted by Gasteiger charge is -2.25. The van der Waals surface area contributed by atoms with Crippen molar-refractivity contribution in [2.75, 3.05) is 7.11 Å². The van der Waals surface area contributed by atoms with Crippen molar-refractivity contribution in [2.24, 2.45) is 0 Å². The van der Waals surface area contributed by atoms with Gasteiger partial charge < -0.3 is 4.74 Å². The van der Waals surface area contributed by atoms with Crippen LogP contribution in [0.4, 0.5) is 0 Å². The van der Waals surface area contributed by atoms with Crippen LogP contribution in [0, 0.1) is 11.2 Å². The molecule has 1 aliphatic heterocycles. The van der Waals surface area contributed by atoms with E-state index < -0.39 is 0 Å². The van der Waals surface area contributed by atoms with Crippen LogP contribution >= 0.6 is 0 Å². The van der Waals surface area contributed by atoms with Crippen molar-refractivity contribution in [3.8, 4) is 5.97 Å². The number of nitrogens with zero attached hydrogens (tertiary/aromatic N) is 1. The van der Waals surface area contributed by atoms with Crippen LogP contribution in [0.5, 0.6) is 0 Å². The molecule has 8 heavy (non-hydrogen) atoms. The first-order chi connectivity index (χ1) is 3.86. The molecule has 0 aliphatic carbocycles. The van der Waals surface area contributed by atoms with Gasteiger partial charge in [-0.1, -0.05) is 0 Å². The number of nitriles is 1. The van der Waals surface area contributed by atoms with Gasteiger partial charge in [-0.2, -0.15) is 0 Å². The van der Waals surface area contributed by atoms with E-state index in [2.05, 4.69) is 5.97 Å². The van der Waals surface area contributed by atoms with Crippen LogP contribution in [0.2, 0.25) is 12.6 Å². The van der Waals surface area contributed by atoms with Crippen LogP contribution in [-0.2, 0) is 4.74 Å². The zero-order valence-corrected chi connectivity index (χ0v) is 4.92. The van der Waals surface area contributed by atoms with E-state index in [9.17, 15) is 0 Å². The number of rotatable bonds is 1. The summed E-state index contributed by atoms with van der Waals surface area (Å²) in [5.74, 6) is 2.19. The maximum Gasteiger partial charge on any atom is 0.272 e. The van der Waals surface area contributed by atoms with Crippen molar-refractivity contribution < 1.29 is 4.74 Å². The van der Waals surface area contributed by atoms with E-state index in [1.807, 2.05) is 0 Å². The normalized spacial score (nSPS) is 19.8. The third kappa shape index (κ3) is 0.848. The first-order valence-corrected chi connectivity index (χ1v) is 2.79. The molecule has 0 atom stereocenters. The van der Waals surface area contributed by atoms with Gasteiger partial charge in [0.2, 0.25) is 0 Å². The number of hydrogen-bond donors (Lipinski definition) is 0. The average Bonchev–Trinajstić information content (AvgIpc) is 1.65. The third-order valence-corrected chi connectivity index (χ3v) is 1.61. The van der Waals surface area contributed by atoms with Crippen molar-refractivity contribution in [1.82, 2.24) is 0 Å². The minimum Gasteiger partial charge on any atom is -0.383 e. The quantitative estimate of drug-likeness (QED) is 0.461. The van der Waals surface area contributed by atoms with Crippen molar-refractivity contribution in [1.29, 1.82) is 5.26 Å². The predicted octanol–water partition coefficient (Wildman–Crippen LogP) is 0.573. The van der Waals surface area contributed by atoms with Gasteiger partial charge in [0.05, 0.1) is 0 Å². The second-order valence-electron chi connectivity index (χ2n) is 2.16. The molecule has 0 saturated carbocycles. The van der Waals surface area contributed by atoms with Gasteiger partial charge >= 0.3 is 0 Å². The topological polar surface area (TPSA) is 33.0 Å². The molecule has 1 saturated heterocycles. The van der Waals surface area contributed by atoms with Gasteiger partial charge in [-0.3, -0.25) is 0 Å². The smallest absolute Gasteiger partial charge is 0.272 e. The lowest BCUT2D eigenvalue weighted by molar-refractivity contribution is 0.119. The highest BCUT2D eigenvalue weighted by molar-refractivity contribution is 6.70. The molecule has 1 fully saturated rings. The average molecular weight is 109 g/mol. The Balaban J connectivity index is 2.14. The van der Waals surface area contributed by atoms with Gasteiger partial charge in [-0.15, -0.1) is 0 Å². The van der Waals surface area contributed by atoms with Crippen LogP contribution in [-0.4, -0.2) is 19.9 Å². The molecule has 0 aromatic rings. The molecule has 0 N–H and O–H groups in total. The molecule has 42 valence electrons. The Kier molecular flexibility index (Phi) is 1.55. The Morgan fingerprint density at radius 1 is 1.75 bits per heavy atom. The number of methoxy groups -OCH3 is 1. The Hall–Kier alpha value is -0.485. The van der Waals surface area contributed by atoms with E-state index in [1.54, 1.807) is 7.11 Å². The molecule has 0 aromatic heterocycles. The second-order valence-corrected chi connectivity index (χ2v) is 2.16. The van der Waals surface area contributed by atoms with Gasteiger partial charge in [0.15, 0.2) is 0 Å². The highest BCUT2D eigenvalue weighted by atomic mass is 16.5. The van der Waals surface area contributed by atoms with Gasteiger partial charge in [0.1, 0.15) is 0 Å². The van der Waals surface area contributed by atoms with E-state index in [1.165, 1.54) is 0 Å². The Morgan fingerprint density at radius 2 is 2.38 bits per heavy atom. The summed E-state index contributed by atoms with van der Waals surface area (Å²) in [6.45, 7) is 0.278. The molecular formula is C5H8BNO. The first kappa shape index (κ1) is 5.65. The summed E-state index contributed by atoms with van der Waals surface area (Å²) >= 11 is 0. The largest absolute Gasteiger partial charge is 0.383 e. The van der Waals surface area contributed by atoms with Gasteiger partial charge in [-0.05, 0) is 12.6 Å². The summed E-state index contributed by atoms with van der Waals surface area (Å²) < 4.78 is 4.97. The molecule has 0 aromatic carbocycles. The summed E-state index contributed by atoms with van der Waals surface area (Å²) in [5.41, 5.74) is 0. The van der Waals surface area contributed by atoms with Gasteiger partial charge in [-0.25, -0.2) is 5.26 Å². The molecule has 0 radical (unpaired) electrons. The van der Waals surface area contributed by atoms with Crippen molar-refractivity contribution in [2.45, 2.75) is 18.7 Å². The number of hydrogen-bond acceptors (Lipinski definition) is 2. The monoisotopic (exact) mass is 109 g/mol. The maximum atomic E-state index is 8.29. The lowest BCUT2D eigenvalue weighted by atomic mass is 9.35. The molecule has 0 amide bonds. The molecule has 2 nitrogen and oxygen atoms in total. The summed E-state index contributed by atoms with van der Waals surface area (Å²) in [6, 6.07) is 0. The molecular weight excluding hydrogens is 101 g/mol. The molecule has 0 unspecified atom stereocenters. The lowest BCUT2D eigenvalue weighted by Crippen LogP contribution is -2.35. The minimum atomic E-state index is 0.278. The SMILES string of the molecule is COC1CB(C#N)C1. The highest BCUT2D eigenvalue weighted by Gasteiger charge is 2.32. The summed E-state index contributed by atoms with van der Waals surface area (Å²) in [5, 5.41) is 8.29. The highest BCUT2D eigenvalue weighted by Crippen LogP contribution is 2.22. The fourth-order valence-corrected chi connectivity index (χ4v) is 0.864.